The van der Waals surface area contributed by atoms with E-state index >= 15 is 0 Å². The van der Waals surface area contributed by atoms with Gasteiger partial charge in [-0.15, -0.1) is 0 Å². The Morgan fingerprint density at radius 3 is 2.75 bits per heavy atom. The number of rotatable bonds is 3. The summed E-state index contributed by atoms with van der Waals surface area (Å²) in [5, 5.41) is 0. The Morgan fingerprint density at radius 2 is 2.00 bits per heavy atom. The summed E-state index contributed by atoms with van der Waals surface area (Å²) in [7, 11) is 1.50. The maximum atomic E-state index is 14.2. The number of alkyl halides is 1. The minimum Gasteiger partial charge on any atom is -0.494 e. The van der Waals surface area contributed by atoms with E-state index < -0.39 is 0 Å². The average molecular weight is 335 g/mol. The molecule has 0 aliphatic heterocycles. The van der Waals surface area contributed by atoms with Gasteiger partial charge in [0.2, 0.25) is 0 Å². The van der Waals surface area contributed by atoms with Gasteiger partial charge in [0, 0.05) is 4.83 Å². The highest BCUT2D eigenvalue weighted by Crippen LogP contribution is 2.44. The molecule has 2 aromatic rings. The highest BCUT2D eigenvalue weighted by Gasteiger charge is 2.30. The molecule has 3 rings (SSSR count). The van der Waals surface area contributed by atoms with Crippen LogP contribution in [-0.4, -0.2) is 7.11 Å². The largest absolute Gasteiger partial charge is 0.494 e. The molecule has 1 aliphatic rings. The Bertz CT molecular complexity index is 626. The van der Waals surface area contributed by atoms with Crippen LogP contribution in [0.3, 0.4) is 0 Å². The van der Waals surface area contributed by atoms with Gasteiger partial charge in [-0.25, -0.2) is 4.39 Å². The van der Waals surface area contributed by atoms with Crippen molar-refractivity contribution in [1.82, 2.24) is 0 Å². The quantitative estimate of drug-likeness (QED) is 0.740. The van der Waals surface area contributed by atoms with E-state index in [-0.39, 0.29) is 5.82 Å². The maximum Gasteiger partial charge on any atom is 0.168 e. The highest BCUT2D eigenvalue weighted by molar-refractivity contribution is 9.09. The molecule has 20 heavy (non-hydrogen) atoms. The highest BCUT2D eigenvalue weighted by atomic mass is 79.9. The van der Waals surface area contributed by atoms with E-state index in [1.807, 2.05) is 12.1 Å². The molecular formula is C17H16BrFO. The van der Waals surface area contributed by atoms with Crippen LogP contribution in [0, 0.1) is 11.7 Å². The van der Waals surface area contributed by atoms with Gasteiger partial charge in [0.25, 0.3) is 0 Å². The smallest absolute Gasteiger partial charge is 0.168 e. The van der Waals surface area contributed by atoms with Crippen LogP contribution in [0.15, 0.2) is 42.5 Å². The fourth-order valence-corrected chi connectivity index (χ4v) is 3.78. The third-order valence-electron chi connectivity index (χ3n) is 3.99. The van der Waals surface area contributed by atoms with E-state index in [1.165, 1.54) is 18.2 Å². The molecule has 0 N–H and O–H groups in total. The molecule has 1 nitrogen and oxygen atoms in total. The summed E-state index contributed by atoms with van der Waals surface area (Å²) in [6, 6.07) is 13.8. The molecule has 0 saturated carbocycles. The maximum absolute atomic E-state index is 14.2. The SMILES string of the molecule is COc1cccc(CC2Cc3ccccc3C2Br)c1F. The van der Waals surface area contributed by atoms with Gasteiger partial charge >= 0.3 is 0 Å². The summed E-state index contributed by atoms with van der Waals surface area (Å²) in [5.41, 5.74) is 3.43. The molecule has 0 fully saturated rings. The van der Waals surface area contributed by atoms with E-state index in [0.717, 1.165) is 12.0 Å². The first-order valence-electron chi connectivity index (χ1n) is 6.74. The van der Waals surface area contributed by atoms with Crippen molar-refractivity contribution >= 4 is 15.9 Å². The molecule has 104 valence electrons. The summed E-state index contributed by atoms with van der Waals surface area (Å²) in [5.74, 6) is 0.476. The normalized spacial score (nSPS) is 20.8. The number of ether oxygens (including phenoxy) is 1. The van der Waals surface area contributed by atoms with Crippen molar-refractivity contribution in [3.63, 3.8) is 0 Å². The summed E-state index contributed by atoms with van der Waals surface area (Å²) in [6.45, 7) is 0. The Kier molecular flexibility index (Phi) is 3.79. The minimum atomic E-state index is -0.231. The third-order valence-corrected chi connectivity index (χ3v) is 5.23. The van der Waals surface area contributed by atoms with Crippen molar-refractivity contribution in [3.8, 4) is 5.75 Å². The molecular weight excluding hydrogens is 319 g/mol. The second kappa shape index (κ2) is 5.57. The van der Waals surface area contributed by atoms with Gasteiger partial charge in [-0.05, 0) is 41.5 Å². The summed E-state index contributed by atoms with van der Waals surface area (Å²) >= 11 is 3.77. The predicted molar refractivity (Wildman–Crippen MR) is 82.0 cm³/mol. The van der Waals surface area contributed by atoms with Crippen LogP contribution in [0.2, 0.25) is 0 Å². The van der Waals surface area contributed by atoms with Gasteiger partial charge in [-0.3, -0.25) is 0 Å². The average Bonchev–Trinajstić information content (AvgIpc) is 2.78. The summed E-state index contributed by atoms with van der Waals surface area (Å²) in [4.78, 5) is 0.296. The Morgan fingerprint density at radius 1 is 1.20 bits per heavy atom. The molecule has 0 bridgehead atoms. The fourth-order valence-electron chi connectivity index (χ4n) is 2.96. The van der Waals surface area contributed by atoms with Crippen LogP contribution in [0.25, 0.3) is 0 Å². The second-order valence-corrected chi connectivity index (χ2v) is 6.19. The van der Waals surface area contributed by atoms with Crippen molar-refractivity contribution in [2.75, 3.05) is 7.11 Å². The number of benzene rings is 2. The first-order chi connectivity index (χ1) is 9.70. The van der Waals surface area contributed by atoms with Crippen molar-refractivity contribution in [2.24, 2.45) is 5.92 Å². The fraction of sp³-hybridized carbons (Fsp3) is 0.294. The van der Waals surface area contributed by atoms with Gasteiger partial charge in [0.1, 0.15) is 0 Å². The van der Waals surface area contributed by atoms with Gasteiger partial charge in [-0.1, -0.05) is 52.3 Å². The lowest BCUT2D eigenvalue weighted by molar-refractivity contribution is 0.382. The first kappa shape index (κ1) is 13.6. The van der Waals surface area contributed by atoms with Gasteiger partial charge in [0.15, 0.2) is 11.6 Å². The number of methoxy groups -OCH3 is 1. The number of hydrogen-bond acceptors (Lipinski definition) is 1. The minimum absolute atomic E-state index is 0.231. The second-order valence-electron chi connectivity index (χ2n) is 5.20. The summed E-state index contributed by atoms with van der Waals surface area (Å²) in [6.07, 6.45) is 1.70. The number of halogens is 2. The first-order valence-corrected chi connectivity index (χ1v) is 7.65. The van der Waals surface area contributed by atoms with Crippen molar-refractivity contribution < 1.29 is 9.13 Å². The molecule has 0 radical (unpaired) electrons. The molecule has 0 amide bonds. The van der Waals surface area contributed by atoms with Crippen LogP contribution >= 0.6 is 15.9 Å². The standard InChI is InChI=1S/C17H16BrFO/c1-20-15-8-4-6-12(17(15)19)10-13-9-11-5-2-3-7-14(11)16(13)18/h2-8,13,16H,9-10H2,1H3. The van der Waals surface area contributed by atoms with Crippen LogP contribution in [-0.2, 0) is 12.8 Å². The summed E-state index contributed by atoms with van der Waals surface area (Å²) < 4.78 is 19.3. The van der Waals surface area contributed by atoms with E-state index in [4.69, 9.17) is 4.74 Å². The van der Waals surface area contributed by atoms with Crippen LogP contribution < -0.4 is 4.74 Å². The van der Waals surface area contributed by atoms with Gasteiger partial charge in [-0.2, -0.15) is 0 Å². The lowest BCUT2D eigenvalue weighted by atomic mass is 9.96. The van der Waals surface area contributed by atoms with Crippen molar-refractivity contribution in [1.29, 1.82) is 0 Å². The lowest BCUT2D eigenvalue weighted by Gasteiger charge is -2.16. The number of fused-ring (bicyclic) bond motifs is 1. The Hall–Kier alpha value is -1.35. The molecule has 0 saturated heterocycles. The molecule has 3 heteroatoms. The van der Waals surface area contributed by atoms with Crippen LogP contribution in [0.5, 0.6) is 5.75 Å². The topological polar surface area (TPSA) is 9.23 Å². The third kappa shape index (κ3) is 2.35. The van der Waals surface area contributed by atoms with Crippen molar-refractivity contribution in [2.45, 2.75) is 17.7 Å². The lowest BCUT2D eigenvalue weighted by Crippen LogP contribution is -2.08. The monoisotopic (exact) mass is 334 g/mol. The van der Waals surface area contributed by atoms with Gasteiger partial charge in [0.05, 0.1) is 7.11 Å². The van der Waals surface area contributed by atoms with E-state index in [2.05, 4.69) is 40.2 Å². The van der Waals surface area contributed by atoms with Crippen LogP contribution in [0.4, 0.5) is 4.39 Å². The zero-order chi connectivity index (χ0) is 14.1. The number of hydrogen-bond donors (Lipinski definition) is 0. The molecule has 0 heterocycles. The zero-order valence-corrected chi connectivity index (χ0v) is 12.9. The van der Waals surface area contributed by atoms with E-state index in [1.54, 1.807) is 6.07 Å². The molecule has 2 atom stereocenters. The molecule has 2 unspecified atom stereocenters. The Balaban J connectivity index is 1.84. The molecule has 2 aromatic carbocycles. The van der Waals surface area contributed by atoms with Crippen molar-refractivity contribution in [3.05, 3.63) is 65.0 Å². The van der Waals surface area contributed by atoms with Gasteiger partial charge < -0.3 is 4.74 Å². The Labute approximate surface area is 126 Å². The van der Waals surface area contributed by atoms with Crippen LogP contribution in [0.1, 0.15) is 21.5 Å². The molecule has 1 aliphatic carbocycles. The molecule has 0 spiro atoms. The predicted octanol–water partition coefficient (Wildman–Crippen LogP) is 4.69. The van der Waals surface area contributed by atoms with E-state index in [9.17, 15) is 4.39 Å². The molecule has 0 aromatic heterocycles. The zero-order valence-electron chi connectivity index (χ0n) is 11.3. The van der Waals surface area contributed by atoms with E-state index in [0.29, 0.717) is 22.9 Å².